The van der Waals surface area contributed by atoms with Crippen LogP contribution in [0.2, 0.25) is 0 Å². The number of carbonyl (C=O) groups is 4. The van der Waals surface area contributed by atoms with Crippen LogP contribution in [0.25, 0.3) is 0 Å². The van der Waals surface area contributed by atoms with E-state index in [1.54, 1.807) is 39.2 Å². The first-order valence-electron chi connectivity index (χ1n) is 17.9. The number of phenols is 1. The van der Waals surface area contributed by atoms with Crippen LogP contribution in [0.4, 0.5) is 21.0 Å². The van der Waals surface area contributed by atoms with E-state index in [1.807, 2.05) is 42.5 Å². The number of rotatable bonds is 13. The second-order valence-corrected chi connectivity index (χ2v) is 14.9. The molecular formula is C37H47Br2N9O5. The molecule has 3 heterocycles. The van der Waals surface area contributed by atoms with Gasteiger partial charge in [0.1, 0.15) is 17.8 Å². The number of halogens is 2. The lowest BCUT2D eigenvalue weighted by molar-refractivity contribution is -0.137. The number of nitrogens with one attached hydrogen (secondary N) is 2. The first-order valence-corrected chi connectivity index (χ1v) is 19.4. The van der Waals surface area contributed by atoms with Gasteiger partial charge in [-0.2, -0.15) is 0 Å². The van der Waals surface area contributed by atoms with Crippen molar-refractivity contribution in [3.8, 4) is 5.75 Å². The van der Waals surface area contributed by atoms with Gasteiger partial charge >= 0.3 is 12.1 Å². The molecule has 6 amide bonds. The molecule has 2 atom stereocenters. The molecule has 0 spiro atoms. The molecule has 2 fully saturated rings. The van der Waals surface area contributed by atoms with E-state index in [0.29, 0.717) is 98.1 Å². The summed E-state index contributed by atoms with van der Waals surface area (Å²) < 4.78 is 0.847. The minimum Gasteiger partial charge on any atom is -0.506 e. The van der Waals surface area contributed by atoms with Crippen LogP contribution in [0.1, 0.15) is 37.7 Å². The van der Waals surface area contributed by atoms with E-state index in [2.05, 4.69) is 52.4 Å². The molecule has 2 saturated heterocycles. The smallest absolute Gasteiger partial charge is 0.319 e. The first kappa shape index (κ1) is 39.8. The number of primary amides is 1. The van der Waals surface area contributed by atoms with Crippen molar-refractivity contribution in [1.82, 2.24) is 25.4 Å². The summed E-state index contributed by atoms with van der Waals surface area (Å²) in [6.45, 7) is 3.40. The number of para-hydroxylation sites is 1. The van der Waals surface area contributed by atoms with Crippen LogP contribution in [0.5, 0.6) is 5.75 Å². The van der Waals surface area contributed by atoms with Crippen molar-refractivity contribution in [3.63, 3.8) is 0 Å². The number of likely N-dealkylation sites (tertiary alicyclic amines) is 1. The van der Waals surface area contributed by atoms with Crippen LogP contribution in [0.15, 0.2) is 75.9 Å². The van der Waals surface area contributed by atoms with E-state index in [0.717, 1.165) is 5.69 Å². The fourth-order valence-corrected chi connectivity index (χ4v) is 8.12. The van der Waals surface area contributed by atoms with E-state index in [4.69, 9.17) is 11.5 Å². The number of aromatic nitrogens is 1. The van der Waals surface area contributed by atoms with Gasteiger partial charge in [0.25, 0.3) is 0 Å². The Morgan fingerprint density at radius 2 is 1.51 bits per heavy atom. The molecule has 2 aromatic carbocycles. The standard InChI is InChI=1S/C37H47Br2N9O5/c38-29-22-25(23-30(39)33(29)49)24-32(44-37(53)47-16-11-28(12-17-47)48(36(41)52)27-6-2-1-3-7-27)34(50)43-31(8-4-5-13-40)35(51)46-20-18-45(19-21-46)26-9-14-42-15-10-26/h1-3,6-7,9-10,14-15,22-23,28,31-32,49H,4-5,8,11-13,16-21,24,40H2,(H2,41,52)(H,43,50)(H,44,53)/t31-,32+/m1/s1. The molecule has 16 heteroatoms. The van der Waals surface area contributed by atoms with Crippen molar-refractivity contribution in [3.05, 3.63) is 81.5 Å². The monoisotopic (exact) mass is 855 g/mol. The highest BCUT2D eigenvalue weighted by molar-refractivity contribution is 9.11. The molecule has 2 aliphatic heterocycles. The van der Waals surface area contributed by atoms with Crippen molar-refractivity contribution in [2.24, 2.45) is 11.5 Å². The number of nitrogens with two attached hydrogens (primary N) is 2. The maximum Gasteiger partial charge on any atom is 0.319 e. The van der Waals surface area contributed by atoms with Gasteiger partial charge in [-0.25, -0.2) is 9.59 Å². The van der Waals surface area contributed by atoms with Gasteiger partial charge in [0.05, 0.1) is 8.95 Å². The number of aromatic hydroxyl groups is 1. The number of benzene rings is 2. The fraction of sp³-hybridized carbons (Fsp3) is 0.432. The zero-order chi connectivity index (χ0) is 37.9. The molecule has 53 heavy (non-hydrogen) atoms. The van der Waals surface area contributed by atoms with Gasteiger partial charge in [-0.3, -0.25) is 19.5 Å². The summed E-state index contributed by atoms with van der Waals surface area (Å²) in [5.74, 6) is -0.666. The van der Waals surface area contributed by atoms with Gasteiger partial charge in [-0.15, -0.1) is 0 Å². The third kappa shape index (κ3) is 10.6. The third-order valence-corrected chi connectivity index (χ3v) is 10.9. The molecule has 284 valence electrons. The SMILES string of the molecule is NCCCC[C@@H](NC(=O)[C@H](Cc1cc(Br)c(O)c(Br)c1)NC(=O)N1CCC(N(C(N)=O)c2ccccc2)CC1)C(=O)N1CCN(c2ccncc2)CC1. The maximum atomic E-state index is 14.2. The Kier molecular flexibility index (Phi) is 14.3. The number of nitrogens with zero attached hydrogens (tertiary/aromatic N) is 5. The lowest BCUT2D eigenvalue weighted by Gasteiger charge is -2.38. The molecule has 5 rings (SSSR count). The zero-order valence-electron chi connectivity index (χ0n) is 29.5. The molecule has 0 radical (unpaired) electrons. The normalized spacial score (nSPS) is 16.1. The molecule has 0 unspecified atom stereocenters. The molecular weight excluding hydrogens is 810 g/mol. The van der Waals surface area contributed by atoms with E-state index in [1.165, 1.54) is 0 Å². The first-order chi connectivity index (χ1) is 25.5. The summed E-state index contributed by atoms with van der Waals surface area (Å²) in [5, 5.41) is 16.2. The molecule has 14 nitrogen and oxygen atoms in total. The van der Waals surface area contributed by atoms with Gasteiger partial charge in [0, 0.05) is 75.5 Å². The number of anilines is 2. The molecule has 3 aromatic rings. The Hall–Kier alpha value is -4.41. The highest BCUT2D eigenvalue weighted by Gasteiger charge is 2.34. The van der Waals surface area contributed by atoms with Gasteiger partial charge in [-0.05, 0) is 112 Å². The second kappa shape index (κ2) is 19.1. The average molecular weight is 858 g/mol. The molecule has 1 aromatic heterocycles. The van der Waals surface area contributed by atoms with Gasteiger partial charge < -0.3 is 41.9 Å². The van der Waals surface area contributed by atoms with Crippen molar-refractivity contribution < 1.29 is 24.3 Å². The molecule has 0 saturated carbocycles. The Labute approximate surface area is 326 Å². The van der Waals surface area contributed by atoms with Gasteiger partial charge in [0.15, 0.2) is 0 Å². The summed E-state index contributed by atoms with van der Waals surface area (Å²) >= 11 is 6.72. The van der Waals surface area contributed by atoms with Crippen molar-refractivity contribution >= 4 is 67.1 Å². The lowest BCUT2D eigenvalue weighted by atomic mass is 10.0. The van der Waals surface area contributed by atoms with Crippen LogP contribution < -0.4 is 31.9 Å². The predicted molar refractivity (Wildman–Crippen MR) is 210 cm³/mol. The number of piperidine rings is 1. The largest absolute Gasteiger partial charge is 0.506 e. The van der Waals surface area contributed by atoms with E-state index in [9.17, 15) is 24.3 Å². The Morgan fingerprint density at radius 3 is 2.11 bits per heavy atom. The van der Waals surface area contributed by atoms with Crippen LogP contribution in [-0.2, 0) is 16.0 Å². The number of piperazine rings is 1. The molecule has 7 N–H and O–H groups in total. The fourth-order valence-electron chi connectivity index (χ4n) is 6.84. The number of amides is 6. The minimum absolute atomic E-state index is 0.0109. The highest BCUT2D eigenvalue weighted by Crippen LogP contribution is 2.34. The Balaban J connectivity index is 1.29. The van der Waals surface area contributed by atoms with Gasteiger partial charge in [0.2, 0.25) is 11.8 Å². The Bertz CT molecular complexity index is 1680. The quantitative estimate of drug-likeness (QED) is 0.160. The molecule has 2 aliphatic rings. The summed E-state index contributed by atoms with van der Waals surface area (Å²) in [5.41, 5.74) is 13.9. The van der Waals surface area contributed by atoms with Crippen LogP contribution in [-0.4, -0.2) is 108 Å². The highest BCUT2D eigenvalue weighted by atomic mass is 79.9. The molecule has 0 aliphatic carbocycles. The van der Waals surface area contributed by atoms with Crippen LogP contribution >= 0.6 is 31.9 Å². The van der Waals surface area contributed by atoms with Crippen molar-refractivity contribution in [2.45, 2.75) is 56.7 Å². The van der Waals surface area contributed by atoms with Crippen molar-refractivity contribution in [1.29, 1.82) is 0 Å². The van der Waals surface area contributed by atoms with E-state index < -0.39 is 30.1 Å². The number of urea groups is 2. The summed E-state index contributed by atoms with van der Waals surface area (Å²) in [4.78, 5) is 65.6. The third-order valence-electron chi connectivity index (χ3n) is 9.70. The topological polar surface area (TPSA) is 190 Å². The van der Waals surface area contributed by atoms with Crippen molar-refractivity contribution in [2.75, 3.05) is 55.6 Å². The van der Waals surface area contributed by atoms with E-state index >= 15 is 0 Å². The summed E-state index contributed by atoms with van der Waals surface area (Å²) in [6.07, 6.45) is 6.28. The number of hydrogen-bond acceptors (Lipinski definition) is 8. The molecule has 0 bridgehead atoms. The van der Waals surface area contributed by atoms with Crippen LogP contribution in [0, 0.1) is 0 Å². The second-order valence-electron chi connectivity index (χ2n) is 13.2. The van der Waals surface area contributed by atoms with Gasteiger partial charge in [-0.1, -0.05) is 18.2 Å². The summed E-state index contributed by atoms with van der Waals surface area (Å²) in [6, 6.07) is 13.4. The zero-order valence-corrected chi connectivity index (χ0v) is 32.7. The maximum absolute atomic E-state index is 14.2. The number of unbranched alkanes of at least 4 members (excludes halogenated alkanes) is 1. The number of pyridine rings is 1. The number of hydrogen-bond donors (Lipinski definition) is 5. The number of phenolic OH excluding ortho intramolecular Hbond substituents is 1. The average Bonchev–Trinajstić information content (AvgIpc) is 3.17. The van der Waals surface area contributed by atoms with E-state index in [-0.39, 0.29) is 24.1 Å². The minimum atomic E-state index is -1.05. The summed E-state index contributed by atoms with van der Waals surface area (Å²) in [7, 11) is 0. The number of carbonyl (C=O) groups excluding carboxylic acids is 4. The predicted octanol–water partition coefficient (Wildman–Crippen LogP) is 3.95. The van der Waals surface area contributed by atoms with Crippen LogP contribution in [0.3, 0.4) is 0 Å². The Morgan fingerprint density at radius 1 is 0.868 bits per heavy atom. The lowest BCUT2D eigenvalue weighted by Crippen LogP contribution is -2.59.